The maximum atomic E-state index is 12.3. The van der Waals surface area contributed by atoms with Crippen molar-refractivity contribution >= 4 is 12.1 Å². The van der Waals surface area contributed by atoms with Gasteiger partial charge in [0.1, 0.15) is 5.75 Å². The number of benzene rings is 1. The summed E-state index contributed by atoms with van der Waals surface area (Å²) in [6.07, 6.45) is 5.56. The summed E-state index contributed by atoms with van der Waals surface area (Å²) in [5, 5.41) is 3.67. The summed E-state index contributed by atoms with van der Waals surface area (Å²) in [5.74, 6) is -0.102. The van der Waals surface area contributed by atoms with Crippen LogP contribution in [0, 0.1) is 0 Å². The Hall–Kier alpha value is -2.18. The smallest absolute Gasteiger partial charge is 0.387 e. The van der Waals surface area contributed by atoms with Crippen molar-refractivity contribution in [2.24, 2.45) is 5.16 Å². The molecule has 2 rings (SSSR count). The average molecular weight is 326 g/mol. The minimum Gasteiger partial charge on any atom is -0.434 e. The third-order valence-electron chi connectivity index (χ3n) is 3.55. The molecule has 126 valence electrons. The van der Waals surface area contributed by atoms with Crippen molar-refractivity contribution in [3.05, 3.63) is 29.8 Å². The van der Waals surface area contributed by atoms with Crippen LogP contribution in [-0.4, -0.2) is 43.3 Å². The van der Waals surface area contributed by atoms with Crippen molar-refractivity contribution in [1.29, 1.82) is 0 Å². The first kappa shape index (κ1) is 17.2. The van der Waals surface area contributed by atoms with Crippen LogP contribution >= 0.6 is 0 Å². The van der Waals surface area contributed by atoms with E-state index >= 15 is 0 Å². The molecule has 1 aromatic rings. The number of carbonyl (C=O) groups is 1. The Morgan fingerprint density at radius 1 is 1.22 bits per heavy atom. The molecule has 0 bridgehead atoms. The second kappa shape index (κ2) is 9.07. The molecular formula is C16H20F2N2O3. The number of hydrogen-bond acceptors (Lipinski definition) is 4. The number of hydrogen-bond donors (Lipinski definition) is 0. The fourth-order valence-electron chi connectivity index (χ4n) is 2.39. The summed E-state index contributed by atoms with van der Waals surface area (Å²) in [5.41, 5.74) is 0.357. The fraction of sp³-hybridized carbons (Fsp3) is 0.500. The Kier molecular flexibility index (Phi) is 6.77. The van der Waals surface area contributed by atoms with Crippen molar-refractivity contribution < 1.29 is 23.1 Å². The van der Waals surface area contributed by atoms with Gasteiger partial charge in [-0.3, -0.25) is 4.79 Å². The van der Waals surface area contributed by atoms with Gasteiger partial charge in [0, 0.05) is 18.7 Å². The first-order chi connectivity index (χ1) is 11.2. The zero-order valence-electron chi connectivity index (χ0n) is 12.8. The highest BCUT2D eigenvalue weighted by atomic mass is 19.3. The molecule has 0 aliphatic carbocycles. The lowest BCUT2D eigenvalue weighted by Crippen LogP contribution is -2.34. The molecule has 0 N–H and O–H groups in total. The van der Waals surface area contributed by atoms with Gasteiger partial charge in [-0.25, -0.2) is 0 Å². The lowest BCUT2D eigenvalue weighted by Gasteiger charge is -2.19. The quantitative estimate of drug-likeness (QED) is 0.596. The molecule has 1 aromatic carbocycles. The summed E-state index contributed by atoms with van der Waals surface area (Å²) >= 11 is 0. The van der Waals surface area contributed by atoms with E-state index in [2.05, 4.69) is 9.89 Å². The van der Waals surface area contributed by atoms with Crippen LogP contribution < -0.4 is 4.74 Å². The van der Waals surface area contributed by atoms with Crippen LogP contribution in [0.25, 0.3) is 0 Å². The molecule has 0 aromatic heterocycles. The number of amides is 1. The first-order valence-corrected chi connectivity index (χ1v) is 7.64. The van der Waals surface area contributed by atoms with E-state index < -0.39 is 6.61 Å². The van der Waals surface area contributed by atoms with Gasteiger partial charge in [-0.15, -0.1) is 0 Å². The van der Waals surface area contributed by atoms with Gasteiger partial charge in [0.15, 0.2) is 6.61 Å². The second-order valence-electron chi connectivity index (χ2n) is 5.22. The molecule has 1 aliphatic rings. The number of halogens is 2. The summed E-state index contributed by atoms with van der Waals surface area (Å²) in [6.45, 7) is -1.57. The largest absolute Gasteiger partial charge is 0.434 e. The van der Waals surface area contributed by atoms with Crippen LogP contribution in [0.4, 0.5) is 8.78 Å². The van der Waals surface area contributed by atoms with Gasteiger partial charge in [0.25, 0.3) is 5.91 Å². The van der Waals surface area contributed by atoms with Crippen LogP contribution in [0.1, 0.15) is 31.2 Å². The van der Waals surface area contributed by atoms with Gasteiger partial charge in [-0.1, -0.05) is 30.1 Å². The van der Waals surface area contributed by atoms with Crippen molar-refractivity contribution in [3.8, 4) is 5.75 Å². The molecule has 7 heteroatoms. The minimum absolute atomic E-state index is 0.00805. The van der Waals surface area contributed by atoms with Crippen molar-refractivity contribution in [1.82, 2.24) is 4.90 Å². The summed E-state index contributed by atoms with van der Waals surface area (Å²) < 4.78 is 28.9. The maximum absolute atomic E-state index is 12.3. The van der Waals surface area contributed by atoms with Crippen LogP contribution in [0.15, 0.2) is 29.4 Å². The topological polar surface area (TPSA) is 51.1 Å². The van der Waals surface area contributed by atoms with Crippen molar-refractivity contribution in [2.45, 2.75) is 32.3 Å². The molecule has 0 radical (unpaired) electrons. The zero-order valence-corrected chi connectivity index (χ0v) is 12.8. The second-order valence-corrected chi connectivity index (χ2v) is 5.22. The number of para-hydroxylation sites is 1. The Morgan fingerprint density at radius 2 is 1.91 bits per heavy atom. The van der Waals surface area contributed by atoms with E-state index in [0.717, 1.165) is 38.8 Å². The summed E-state index contributed by atoms with van der Waals surface area (Å²) in [6, 6.07) is 6.23. The van der Waals surface area contributed by atoms with Crippen LogP contribution in [0.3, 0.4) is 0 Å². The fourth-order valence-corrected chi connectivity index (χ4v) is 2.39. The Balaban J connectivity index is 1.83. The molecule has 23 heavy (non-hydrogen) atoms. The SMILES string of the molecule is O=C(CON=Cc1ccccc1OC(F)F)N1CCCCCC1. The van der Waals surface area contributed by atoms with E-state index in [9.17, 15) is 13.6 Å². The summed E-state index contributed by atoms with van der Waals surface area (Å²) in [7, 11) is 0. The molecule has 5 nitrogen and oxygen atoms in total. The highest BCUT2D eigenvalue weighted by Crippen LogP contribution is 2.18. The van der Waals surface area contributed by atoms with Gasteiger partial charge >= 0.3 is 6.61 Å². The van der Waals surface area contributed by atoms with E-state index in [1.54, 1.807) is 23.1 Å². The van der Waals surface area contributed by atoms with E-state index in [-0.39, 0.29) is 18.3 Å². The Bertz CT molecular complexity index is 530. The number of oxime groups is 1. The molecule has 1 heterocycles. The molecule has 1 amide bonds. The Morgan fingerprint density at radius 3 is 2.61 bits per heavy atom. The number of nitrogens with zero attached hydrogens (tertiary/aromatic N) is 2. The minimum atomic E-state index is -2.91. The molecule has 1 aliphatic heterocycles. The lowest BCUT2D eigenvalue weighted by atomic mass is 10.2. The first-order valence-electron chi connectivity index (χ1n) is 7.64. The predicted octanol–water partition coefficient (Wildman–Crippen LogP) is 3.04. The third kappa shape index (κ3) is 5.84. The highest BCUT2D eigenvalue weighted by molar-refractivity contribution is 5.83. The number of ether oxygens (including phenoxy) is 1. The molecule has 0 atom stereocenters. The number of carbonyl (C=O) groups excluding carboxylic acids is 1. The average Bonchev–Trinajstić information content (AvgIpc) is 2.81. The van der Waals surface area contributed by atoms with E-state index in [1.807, 2.05) is 0 Å². The number of rotatable bonds is 6. The predicted molar refractivity (Wildman–Crippen MR) is 81.7 cm³/mol. The van der Waals surface area contributed by atoms with Gasteiger partial charge < -0.3 is 14.5 Å². The monoisotopic (exact) mass is 326 g/mol. The van der Waals surface area contributed by atoms with Crippen LogP contribution in [-0.2, 0) is 9.63 Å². The normalized spacial score (nSPS) is 15.7. The van der Waals surface area contributed by atoms with Crippen molar-refractivity contribution in [3.63, 3.8) is 0 Å². The zero-order chi connectivity index (χ0) is 16.5. The number of likely N-dealkylation sites (tertiary alicyclic amines) is 1. The molecular weight excluding hydrogens is 306 g/mol. The van der Waals surface area contributed by atoms with Crippen LogP contribution in [0.5, 0.6) is 5.75 Å². The molecule has 0 saturated carbocycles. The van der Waals surface area contributed by atoms with Gasteiger partial charge in [0.2, 0.25) is 0 Å². The van der Waals surface area contributed by atoms with Crippen molar-refractivity contribution in [2.75, 3.05) is 19.7 Å². The van der Waals surface area contributed by atoms with E-state index in [1.165, 1.54) is 12.3 Å². The molecule has 1 fully saturated rings. The van der Waals surface area contributed by atoms with Gasteiger partial charge in [-0.05, 0) is 25.0 Å². The molecule has 1 saturated heterocycles. The molecule has 0 spiro atoms. The highest BCUT2D eigenvalue weighted by Gasteiger charge is 2.15. The third-order valence-corrected chi connectivity index (χ3v) is 3.55. The van der Waals surface area contributed by atoms with E-state index in [0.29, 0.717) is 5.56 Å². The number of alkyl halides is 2. The lowest BCUT2D eigenvalue weighted by molar-refractivity contribution is -0.136. The maximum Gasteiger partial charge on any atom is 0.387 e. The Labute approximate surface area is 133 Å². The van der Waals surface area contributed by atoms with Gasteiger partial charge in [0.05, 0.1) is 6.21 Å². The summed E-state index contributed by atoms with van der Waals surface area (Å²) in [4.78, 5) is 18.7. The van der Waals surface area contributed by atoms with Gasteiger partial charge in [-0.2, -0.15) is 8.78 Å². The van der Waals surface area contributed by atoms with E-state index in [4.69, 9.17) is 4.84 Å². The standard InChI is InChI=1S/C16H20F2N2O3/c17-16(18)23-14-8-4-3-7-13(14)11-19-22-12-15(21)20-9-5-1-2-6-10-20/h3-4,7-8,11,16H,1-2,5-6,9-10,12H2. The molecule has 0 unspecified atom stereocenters. The van der Waals surface area contributed by atoms with Crippen LogP contribution in [0.2, 0.25) is 0 Å².